The van der Waals surface area contributed by atoms with Crippen LogP contribution in [0.5, 0.6) is 0 Å². The Kier molecular flexibility index (Phi) is 9.34. The highest BCUT2D eigenvalue weighted by Crippen LogP contribution is 2.25. The van der Waals surface area contributed by atoms with E-state index in [4.69, 9.17) is 11.2 Å². The number of rotatable bonds is 8. The molecule has 1 rings (SSSR count). The van der Waals surface area contributed by atoms with Crippen molar-refractivity contribution in [2.75, 3.05) is 19.7 Å². The zero-order chi connectivity index (χ0) is 22.9. The monoisotopic (exact) mass is 417 g/mol. The van der Waals surface area contributed by atoms with E-state index in [2.05, 4.69) is 16.6 Å². The maximum Gasteiger partial charge on any atom is 0.408 e. The van der Waals surface area contributed by atoms with Gasteiger partial charge in [-0.1, -0.05) is 24.1 Å². The lowest BCUT2D eigenvalue weighted by Gasteiger charge is -2.32. The molecule has 3 amide bonds. The van der Waals surface area contributed by atoms with Crippen LogP contribution in [0.4, 0.5) is 4.79 Å². The molecular weight excluding hydrogens is 386 g/mol. The average molecular weight is 418 g/mol. The number of hydrogen-bond acceptors (Lipinski definition) is 5. The molecule has 164 valence electrons. The molecule has 0 bridgehead atoms. The molecule has 0 spiro atoms. The van der Waals surface area contributed by atoms with Gasteiger partial charge in [0.1, 0.15) is 18.2 Å². The molecule has 0 saturated heterocycles. The third kappa shape index (κ3) is 7.76. The van der Waals surface area contributed by atoms with Crippen LogP contribution in [0, 0.1) is 12.3 Å². The number of terminal acetylenes is 1. The van der Waals surface area contributed by atoms with Crippen LogP contribution in [-0.4, -0.2) is 59.3 Å². The lowest BCUT2D eigenvalue weighted by molar-refractivity contribution is -0.141. The third-order valence-electron chi connectivity index (χ3n) is 3.85. The summed E-state index contributed by atoms with van der Waals surface area (Å²) < 4.78 is 5.13. The van der Waals surface area contributed by atoms with Crippen molar-refractivity contribution in [3.8, 4) is 12.3 Å². The smallest absolute Gasteiger partial charge is 0.408 e. The fraction of sp³-hybridized carbons (Fsp3) is 0.500. The number of nitrogens with one attached hydrogen (secondary N) is 2. The summed E-state index contributed by atoms with van der Waals surface area (Å²) in [7, 11) is 0. The topological polar surface area (TPSA) is 108 Å². The van der Waals surface area contributed by atoms with Gasteiger partial charge in [-0.25, -0.2) is 4.79 Å². The zero-order valence-corrected chi connectivity index (χ0v) is 18.2. The zero-order valence-electron chi connectivity index (χ0n) is 18.2. The highest BCUT2D eigenvalue weighted by Gasteiger charge is 2.33. The van der Waals surface area contributed by atoms with E-state index < -0.39 is 36.1 Å². The summed E-state index contributed by atoms with van der Waals surface area (Å²) in [6.45, 7) is 7.81. The second kappa shape index (κ2) is 11.2. The Hall–Kier alpha value is -3.05. The number of carbonyl (C=O) groups is 3. The van der Waals surface area contributed by atoms with E-state index in [1.165, 1.54) is 4.90 Å². The molecule has 0 aromatic heterocycles. The first-order valence-electron chi connectivity index (χ1n) is 9.73. The van der Waals surface area contributed by atoms with E-state index in [1.807, 2.05) is 0 Å². The summed E-state index contributed by atoms with van der Waals surface area (Å²) in [6, 6.07) is 5.54. The predicted octanol–water partition coefficient (Wildman–Crippen LogP) is 1.58. The van der Waals surface area contributed by atoms with Gasteiger partial charge >= 0.3 is 6.09 Å². The van der Waals surface area contributed by atoms with Crippen LogP contribution in [0.25, 0.3) is 0 Å². The first-order chi connectivity index (χ1) is 14.0. The molecule has 1 unspecified atom stereocenters. The first-order valence-corrected chi connectivity index (χ1v) is 9.73. The number of aliphatic hydroxyl groups excluding tert-OH is 1. The molecule has 30 heavy (non-hydrogen) atoms. The Morgan fingerprint density at radius 2 is 1.87 bits per heavy atom. The quantitative estimate of drug-likeness (QED) is 0.557. The van der Waals surface area contributed by atoms with E-state index in [0.717, 1.165) is 0 Å². The van der Waals surface area contributed by atoms with Crippen molar-refractivity contribution in [1.82, 2.24) is 15.5 Å². The van der Waals surface area contributed by atoms with Crippen molar-refractivity contribution < 1.29 is 24.2 Å². The molecule has 0 heterocycles. The molecule has 0 fully saturated rings. The minimum atomic E-state index is -1.07. The molecule has 0 radical (unpaired) electrons. The summed E-state index contributed by atoms with van der Waals surface area (Å²) in [5.41, 5.74) is 0.193. The Morgan fingerprint density at radius 1 is 1.23 bits per heavy atom. The minimum absolute atomic E-state index is 0.121. The Morgan fingerprint density at radius 3 is 2.40 bits per heavy atom. The van der Waals surface area contributed by atoms with Crippen molar-refractivity contribution in [3.05, 3.63) is 35.4 Å². The van der Waals surface area contributed by atoms with E-state index in [1.54, 1.807) is 58.9 Å². The van der Waals surface area contributed by atoms with E-state index in [-0.39, 0.29) is 19.2 Å². The van der Waals surface area contributed by atoms with Gasteiger partial charge in [0.25, 0.3) is 0 Å². The highest BCUT2D eigenvalue weighted by atomic mass is 16.6. The van der Waals surface area contributed by atoms with E-state index >= 15 is 0 Å². The summed E-state index contributed by atoms with van der Waals surface area (Å²) >= 11 is 0. The van der Waals surface area contributed by atoms with Gasteiger partial charge in [-0.3, -0.25) is 9.59 Å². The van der Waals surface area contributed by atoms with Crippen molar-refractivity contribution in [1.29, 1.82) is 0 Å². The predicted molar refractivity (Wildman–Crippen MR) is 113 cm³/mol. The number of alkyl carbamates (subject to hydrolysis) is 1. The SMILES string of the molecule is C#Cc1ccccc1C(C(=O)NC(C)C)N(CCO)C(=O)CNC(=O)OC(C)(C)C. The van der Waals surface area contributed by atoms with Gasteiger partial charge in [-0.05, 0) is 46.2 Å². The van der Waals surface area contributed by atoms with Crippen LogP contribution in [0.2, 0.25) is 0 Å². The Bertz CT molecular complexity index is 793. The normalized spacial score (nSPS) is 11.9. The number of carbonyl (C=O) groups excluding carboxylic acids is 3. The fourth-order valence-electron chi connectivity index (χ4n) is 2.75. The number of amides is 3. The van der Waals surface area contributed by atoms with Crippen molar-refractivity contribution in [2.24, 2.45) is 0 Å². The van der Waals surface area contributed by atoms with Gasteiger partial charge in [0.2, 0.25) is 11.8 Å². The van der Waals surface area contributed by atoms with Gasteiger partial charge < -0.3 is 25.4 Å². The fourth-order valence-corrected chi connectivity index (χ4v) is 2.75. The summed E-state index contributed by atoms with van der Waals surface area (Å²) in [4.78, 5) is 39.0. The maximum absolute atomic E-state index is 13.0. The third-order valence-corrected chi connectivity index (χ3v) is 3.85. The molecule has 1 aromatic rings. The number of ether oxygens (including phenoxy) is 1. The number of aliphatic hydroxyl groups is 1. The molecule has 0 saturated carbocycles. The van der Waals surface area contributed by atoms with Gasteiger partial charge in [0.05, 0.1) is 6.61 Å². The minimum Gasteiger partial charge on any atom is -0.444 e. The summed E-state index contributed by atoms with van der Waals surface area (Å²) in [5.74, 6) is 1.52. The average Bonchev–Trinajstić information content (AvgIpc) is 2.64. The molecule has 1 atom stereocenters. The summed E-state index contributed by atoms with van der Waals surface area (Å²) in [6.07, 6.45) is 4.83. The van der Waals surface area contributed by atoms with Gasteiger partial charge in [-0.2, -0.15) is 0 Å². The number of nitrogens with zero attached hydrogens (tertiary/aromatic N) is 1. The van der Waals surface area contributed by atoms with E-state index in [0.29, 0.717) is 11.1 Å². The van der Waals surface area contributed by atoms with Crippen molar-refractivity contribution in [2.45, 2.75) is 52.3 Å². The second-order valence-corrected chi connectivity index (χ2v) is 7.96. The standard InChI is InChI=1S/C22H31N3O5/c1-7-16-10-8-9-11-17(16)19(20(28)24-15(2)3)25(12-13-26)18(27)14-23-21(29)30-22(4,5)6/h1,8-11,15,19,26H,12-14H2,2-6H3,(H,23,29)(H,24,28). The molecule has 8 nitrogen and oxygen atoms in total. The van der Waals surface area contributed by atoms with Crippen LogP contribution >= 0.6 is 0 Å². The first kappa shape index (κ1) is 25.0. The maximum atomic E-state index is 13.0. The lowest BCUT2D eigenvalue weighted by Crippen LogP contribution is -2.49. The van der Waals surface area contributed by atoms with Crippen molar-refractivity contribution >= 4 is 17.9 Å². The molecule has 0 aliphatic carbocycles. The second-order valence-electron chi connectivity index (χ2n) is 7.96. The van der Waals surface area contributed by atoms with Crippen molar-refractivity contribution in [3.63, 3.8) is 0 Å². The molecule has 3 N–H and O–H groups in total. The molecule has 1 aromatic carbocycles. The van der Waals surface area contributed by atoms with Crippen LogP contribution < -0.4 is 10.6 Å². The van der Waals surface area contributed by atoms with Crippen LogP contribution in [0.1, 0.15) is 51.8 Å². The number of hydrogen-bond donors (Lipinski definition) is 3. The summed E-state index contributed by atoms with van der Waals surface area (Å²) in [5, 5.41) is 14.7. The molecule has 0 aliphatic rings. The number of benzene rings is 1. The largest absolute Gasteiger partial charge is 0.444 e. The highest BCUT2D eigenvalue weighted by molar-refractivity contribution is 5.91. The van der Waals surface area contributed by atoms with Crippen LogP contribution in [0.3, 0.4) is 0 Å². The molecular formula is C22H31N3O5. The molecule has 8 heteroatoms. The Balaban J connectivity index is 3.21. The molecule has 0 aliphatic heterocycles. The van der Waals surface area contributed by atoms with Crippen LogP contribution in [0.15, 0.2) is 24.3 Å². The van der Waals surface area contributed by atoms with E-state index in [9.17, 15) is 19.5 Å². The van der Waals surface area contributed by atoms with Crippen LogP contribution in [-0.2, 0) is 14.3 Å². The van der Waals surface area contributed by atoms with Gasteiger partial charge in [0, 0.05) is 18.2 Å². The van der Waals surface area contributed by atoms with Gasteiger partial charge in [-0.15, -0.1) is 6.42 Å². The lowest BCUT2D eigenvalue weighted by atomic mass is 9.98. The Labute approximate surface area is 178 Å². The van der Waals surface area contributed by atoms with Gasteiger partial charge in [0.15, 0.2) is 0 Å².